The third-order valence-electron chi connectivity index (χ3n) is 2.03. The highest BCUT2D eigenvalue weighted by Crippen LogP contribution is 2.28. The fraction of sp³-hybridized carbons (Fsp3) is 0.0909. The molecular formula is C11H10ClN. The van der Waals surface area contributed by atoms with Crippen molar-refractivity contribution in [1.29, 1.82) is 0 Å². The van der Waals surface area contributed by atoms with Gasteiger partial charge in [-0.2, -0.15) is 0 Å². The Morgan fingerprint density at radius 3 is 2.77 bits per heavy atom. The van der Waals surface area contributed by atoms with E-state index >= 15 is 0 Å². The highest BCUT2D eigenvalue weighted by atomic mass is 35.5. The van der Waals surface area contributed by atoms with E-state index in [4.69, 9.17) is 11.6 Å². The Hall–Kier alpha value is -1.21. The lowest BCUT2D eigenvalue weighted by molar-refractivity contribution is 1.41. The summed E-state index contributed by atoms with van der Waals surface area (Å²) in [5, 5.41) is 0.796. The van der Waals surface area contributed by atoms with Crippen LogP contribution in [0.15, 0.2) is 36.7 Å². The second kappa shape index (κ2) is 3.27. The Labute approximate surface area is 82.4 Å². The standard InChI is InChI=1S/C11H10ClN/c1-8-2-3-11(12)10(6-8)9-4-5-13-7-9/h2-7,13H,1H3. The largest absolute Gasteiger partial charge is 0.367 e. The monoisotopic (exact) mass is 191 g/mol. The van der Waals surface area contributed by atoms with Gasteiger partial charge in [-0.25, -0.2) is 0 Å². The van der Waals surface area contributed by atoms with Crippen molar-refractivity contribution in [2.75, 3.05) is 0 Å². The number of aromatic nitrogens is 1. The van der Waals surface area contributed by atoms with Crippen LogP contribution in [0.2, 0.25) is 5.02 Å². The number of hydrogen-bond donors (Lipinski definition) is 1. The molecule has 2 aromatic rings. The molecule has 0 aliphatic heterocycles. The molecule has 0 unspecified atom stereocenters. The lowest BCUT2D eigenvalue weighted by Gasteiger charge is -2.02. The van der Waals surface area contributed by atoms with Crippen LogP contribution in [0.5, 0.6) is 0 Å². The number of aromatic amines is 1. The molecule has 2 rings (SSSR count). The number of halogens is 1. The topological polar surface area (TPSA) is 15.8 Å². The first-order valence-corrected chi connectivity index (χ1v) is 4.54. The van der Waals surface area contributed by atoms with E-state index in [0.717, 1.165) is 16.1 Å². The van der Waals surface area contributed by atoms with Crippen molar-refractivity contribution < 1.29 is 0 Å². The van der Waals surface area contributed by atoms with E-state index in [1.807, 2.05) is 30.6 Å². The summed E-state index contributed by atoms with van der Waals surface area (Å²) in [5.41, 5.74) is 3.44. The van der Waals surface area contributed by atoms with Gasteiger partial charge in [-0.3, -0.25) is 0 Å². The molecule has 66 valence electrons. The molecule has 0 spiro atoms. The maximum absolute atomic E-state index is 6.07. The Morgan fingerprint density at radius 1 is 1.23 bits per heavy atom. The second-order valence-electron chi connectivity index (χ2n) is 3.08. The molecule has 0 atom stereocenters. The third-order valence-corrected chi connectivity index (χ3v) is 2.36. The van der Waals surface area contributed by atoms with Crippen molar-refractivity contribution in [2.45, 2.75) is 6.92 Å². The maximum atomic E-state index is 6.07. The van der Waals surface area contributed by atoms with Crippen molar-refractivity contribution in [1.82, 2.24) is 4.98 Å². The summed E-state index contributed by atoms with van der Waals surface area (Å²) in [5.74, 6) is 0. The molecule has 0 fully saturated rings. The fourth-order valence-corrected chi connectivity index (χ4v) is 1.58. The van der Waals surface area contributed by atoms with Crippen LogP contribution in [0.4, 0.5) is 0 Å². The molecule has 0 radical (unpaired) electrons. The van der Waals surface area contributed by atoms with Gasteiger partial charge in [0.1, 0.15) is 0 Å². The molecule has 1 aromatic heterocycles. The van der Waals surface area contributed by atoms with Gasteiger partial charge in [-0.15, -0.1) is 0 Å². The summed E-state index contributed by atoms with van der Waals surface area (Å²) >= 11 is 6.07. The zero-order chi connectivity index (χ0) is 9.26. The van der Waals surface area contributed by atoms with Crippen molar-refractivity contribution in [3.8, 4) is 11.1 Å². The van der Waals surface area contributed by atoms with E-state index in [1.165, 1.54) is 5.56 Å². The zero-order valence-electron chi connectivity index (χ0n) is 7.34. The van der Waals surface area contributed by atoms with Crippen LogP contribution in [-0.2, 0) is 0 Å². The quantitative estimate of drug-likeness (QED) is 0.709. The minimum Gasteiger partial charge on any atom is -0.367 e. The van der Waals surface area contributed by atoms with Crippen LogP contribution in [-0.4, -0.2) is 4.98 Å². The molecule has 0 bridgehead atoms. The smallest absolute Gasteiger partial charge is 0.0485 e. The zero-order valence-corrected chi connectivity index (χ0v) is 8.10. The van der Waals surface area contributed by atoms with Crippen LogP contribution < -0.4 is 0 Å². The summed E-state index contributed by atoms with van der Waals surface area (Å²) in [4.78, 5) is 3.02. The average molecular weight is 192 g/mol. The Kier molecular flexibility index (Phi) is 2.11. The van der Waals surface area contributed by atoms with Gasteiger partial charge in [0.05, 0.1) is 0 Å². The lowest BCUT2D eigenvalue weighted by Crippen LogP contribution is -1.78. The second-order valence-corrected chi connectivity index (χ2v) is 3.49. The molecule has 1 N–H and O–H groups in total. The first-order chi connectivity index (χ1) is 6.27. The summed E-state index contributed by atoms with van der Waals surface area (Å²) in [6, 6.07) is 8.05. The van der Waals surface area contributed by atoms with E-state index in [9.17, 15) is 0 Å². The van der Waals surface area contributed by atoms with Gasteiger partial charge >= 0.3 is 0 Å². The number of H-pyrrole nitrogens is 1. The van der Waals surface area contributed by atoms with Crippen molar-refractivity contribution in [2.24, 2.45) is 0 Å². The predicted octanol–water partition coefficient (Wildman–Crippen LogP) is 3.64. The normalized spacial score (nSPS) is 10.3. The Morgan fingerprint density at radius 2 is 2.08 bits per heavy atom. The lowest BCUT2D eigenvalue weighted by atomic mass is 10.1. The third kappa shape index (κ3) is 1.61. The summed E-state index contributed by atoms with van der Waals surface area (Å²) in [6.45, 7) is 2.06. The van der Waals surface area contributed by atoms with Crippen LogP contribution in [0.3, 0.4) is 0 Å². The molecule has 0 aliphatic rings. The number of aryl methyl sites for hydroxylation is 1. The molecule has 2 heteroatoms. The molecular weight excluding hydrogens is 182 g/mol. The molecule has 13 heavy (non-hydrogen) atoms. The van der Waals surface area contributed by atoms with E-state index in [0.29, 0.717) is 0 Å². The summed E-state index contributed by atoms with van der Waals surface area (Å²) in [7, 11) is 0. The molecule has 0 aliphatic carbocycles. The summed E-state index contributed by atoms with van der Waals surface area (Å²) in [6.07, 6.45) is 3.84. The van der Waals surface area contributed by atoms with Gasteiger partial charge in [0.2, 0.25) is 0 Å². The van der Waals surface area contributed by atoms with Crippen molar-refractivity contribution in [3.05, 3.63) is 47.2 Å². The SMILES string of the molecule is Cc1ccc(Cl)c(-c2cc[nH]c2)c1. The van der Waals surface area contributed by atoms with Crippen molar-refractivity contribution in [3.63, 3.8) is 0 Å². The predicted molar refractivity (Wildman–Crippen MR) is 56.0 cm³/mol. The first kappa shape index (κ1) is 8.39. The maximum Gasteiger partial charge on any atom is 0.0485 e. The van der Waals surface area contributed by atoms with Crippen LogP contribution >= 0.6 is 11.6 Å². The van der Waals surface area contributed by atoms with E-state index in [2.05, 4.69) is 18.0 Å². The van der Waals surface area contributed by atoms with Crippen LogP contribution in [0.1, 0.15) is 5.56 Å². The van der Waals surface area contributed by atoms with Gasteiger partial charge in [0.25, 0.3) is 0 Å². The van der Waals surface area contributed by atoms with E-state index < -0.39 is 0 Å². The van der Waals surface area contributed by atoms with E-state index in [-0.39, 0.29) is 0 Å². The molecule has 1 aromatic carbocycles. The fourth-order valence-electron chi connectivity index (χ4n) is 1.35. The van der Waals surface area contributed by atoms with Crippen molar-refractivity contribution >= 4 is 11.6 Å². The van der Waals surface area contributed by atoms with E-state index in [1.54, 1.807) is 0 Å². The van der Waals surface area contributed by atoms with Crippen LogP contribution in [0, 0.1) is 6.92 Å². The van der Waals surface area contributed by atoms with Gasteiger partial charge in [-0.1, -0.05) is 23.2 Å². The van der Waals surface area contributed by atoms with Crippen LogP contribution in [0.25, 0.3) is 11.1 Å². The Bertz CT molecular complexity index is 404. The minimum absolute atomic E-state index is 0.796. The number of rotatable bonds is 1. The molecule has 1 nitrogen and oxygen atoms in total. The molecule has 1 heterocycles. The average Bonchev–Trinajstić information content (AvgIpc) is 2.61. The number of hydrogen-bond acceptors (Lipinski definition) is 0. The molecule has 0 saturated carbocycles. The minimum atomic E-state index is 0.796. The number of nitrogens with one attached hydrogen (secondary N) is 1. The first-order valence-electron chi connectivity index (χ1n) is 4.17. The number of benzene rings is 1. The summed E-state index contributed by atoms with van der Waals surface area (Å²) < 4.78 is 0. The highest BCUT2D eigenvalue weighted by Gasteiger charge is 2.02. The molecule has 0 amide bonds. The highest BCUT2D eigenvalue weighted by molar-refractivity contribution is 6.33. The van der Waals surface area contributed by atoms with Gasteiger partial charge in [0.15, 0.2) is 0 Å². The van der Waals surface area contributed by atoms with Gasteiger partial charge in [0, 0.05) is 28.5 Å². The Balaban J connectivity index is 2.57. The van der Waals surface area contributed by atoms with Gasteiger partial charge < -0.3 is 4.98 Å². The molecule has 0 saturated heterocycles. The van der Waals surface area contributed by atoms with Gasteiger partial charge in [-0.05, 0) is 25.1 Å².